The summed E-state index contributed by atoms with van der Waals surface area (Å²) in [6, 6.07) is 17.6. The van der Waals surface area contributed by atoms with Crippen LogP contribution in [0.4, 0.5) is 0 Å². The topological polar surface area (TPSA) is 26.0 Å². The predicted molar refractivity (Wildman–Crippen MR) is 88.0 cm³/mol. The minimum Gasteiger partial charge on any atom is -0.324 e. The van der Waals surface area contributed by atoms with Crippen molar-refractivity contribution in [1.29, 1.82) is 0 Å². The Hall–Kier alpha value is -0.870. The standard InChI is InChI=1S/C17H18IN/c18-15-9-5-12(6-10-15)11-14-8-7-13-3-1-2-4-16(13)17(14)19/h1-6,9-10,14,17H,7-8,11,19H2. The molecule has 2 aromatic rings. The van der Waals surface area contributed by atoms with E-state index in [4.69, 9.17) is 5.73 Å². The molecule has 0 bridgehead atoms. The van der Waals surface area contributed by atoms with E-state index >= 15 is 0 Å². The van der Waals surface area contributed by atoms with Crippen LogP contribution in [0.15, 0.2) is 48.5 Å². The monoisotopic (exact) mass is 363 g/mol. The lowest BCUT2D eigenvalue weighted by Gasteiger charge is -2.31. The summed E-state index contributed by atoms with van der Waals surface area (Å²) in [6.45, 7) is 0. The number of halogens is 1. The first-order valence-corrected chi connectivity index (χ1v) is 7.90. The summed E-state index contributed by atoms with van der Waals surface area (Å²) in [5, 5.41) is 0. The zero-order valence-electron chi connectivity index (χ0n) is 10.9. The van der Waals surface area contributed by atoms with Gasteiger partial charge in [-0.3, -0.25) is 0 Å². The molecule has 1 aliphatic carbocycles. The first kappa shape index (κ1) is 13.1. The molecular formula is C17H18IN. The minimum atomic E-state index is 0.184. The smallest absolute Gasteiger partial charge is 0.0329 e. The van der Waals surface area contributed by atoms with Crippen molar-refractivity contribution in [3.8, 4) is 0 Å². The lowest BCUT2D eigenvalue weighted by atomic mass is 9.77. The van der Waals surface area contributed by atoms with Gasteiger partial charge in [-0.05, 0) is 76.6 Å². The number of rotatable bonds is 2. The van der Waals surface area contributed by atoms with Gasteiger partial charge in [0.2, 0.25) is 0 Å². The fourth-order valence-electron chi connectivity index (χ4n) is 3.01. The zero-order chi connectivity index (χ0) is 13.2. The first-order chi connectivity index (χ1) is 9.24. The van der Waals surface area contributed by atoms with Gasteiger partial charge in [-0.25, -0.2) is 0 Å². The molecule has 0 spiro atoms. The van der Waals surface area contributed by atoms with Gasteiger partial charge in [0.15, 0.2) is 0 Å². The second kappa shape index (κ2) is 5.63. The summed E-state index contributed by atoms with van der Waals surface area (Å²) in [5.74, 6) is 0.565. The van der Waals surface area contributed by atoms with Gasteiger partial charge in [-0.15, -0.1) is 0 Å². The Morgan fingerprint density at radius 2 is 1.79 bits per heavy atom. The molecule has 2 aromatic carbocycles. The highest BCUT2D eigenvalue weighted by atomic mass is 127. The van der Waals surface area contributed by atoms with E-state index in [1.165, 1.54) is 33.1 Å². The molecule has 98 valence electrons. The molecule has 2 atom stereocenters. The van der Waals surface area contributed by atoms with Crippen LogP contribution in [0.3, 0.4) is 0 Å². The highest BCUT2D eigenvalue weighted by molar-refractivity contribution is 14.1. The maximum absolute atomic E-state index is 6.47. The Morgan fingerprint density at radius 1 is 1.05 bits per heavy atom. The third-order valence-corrected chi connectivity index (χ3v) is 4.84. The Kier molecular flexibility index (Phi) is 3.89. The molecule has 2 heteroatoms. The van der Waals surface area contributed by atoms with Crippen molar-refractivity contribution in [2.24, 2.45) is 11.7 Å². The Labute approximate surface area is 128 Å². The van der Waals surface area contributed by atoms with Gasteiger partial charge < -0.3 is 5.73 Å². The average molecular weight is 363 g/mol. The number of aryl methyl sites for hydroxylation is 1. The quantitative estimate of drug-likeness (QED) is 0.799. The Morgan fingerprint density at radius 3 is 2.58 bits per heavy atom. The third-order valence-electron chi connectivity index (χ3n) is 4.12. The fourth-order valence-corrected chi connectivity index (χ4v) is 3.37. The molecule has 0 saturated carbocycles. The molecule has 3 rings (SSSR count). The van der Waals surface area contributed by atoms with E-state index in [-0.39, 0.29) is 6.04 Å². The SMILES string of the molecule is NC1c2ccccc2CCC1Cc1ccc(I)cc1. The van der Waals surface area contributed by atoms with Crippen LogP contribution in [0, 0.1) is 9.49 Å². The van der Waals surface area contributed by atoms with Gasteiger partial charge in [0.1, 0.15) is 0 Å². The van der Waals surface area contributed by atoms with Crippen LogP contribution in [-0.2, 0) is 12.8 Å². The van der Waals surface area contributed by atoms with Crippen molar-refractivity contribution in [2.75, 3.05) is 0 Å². The average Bonchev–Trinajstić information content (AvgIpc) is 2.45. The molecular weight excluding hydrogens is 345 g/mol. The van der Waals surface area contributed by atoms with Crippen LogP contribution in [0.5, 0.6) is 0 Å². The summed E-state index contributed by atoms with van der Waals surface area (Å²) >= 11 is 2.35. The highest BCUT2D eigenvalue weighted by Crippen LogP contribution is 2.34. The molecule has 0 aromatic heterocycles. The van der Waals surface area contributed by atoms with Crippen molar-refractivity contribution < 1.29 is 0 Å². The van der Waals surface area contributed by atoms with Crippen molar-refractivity contribution in [3.63, 3.8) is 0 Å². The minimum absolute atomic E-state index is 0.184. The van der Waals surface area contributed by atoms with E-state index in [0.29, 0.717) is 5.92 Å². The van der Waals surface area contributed by atoms with Gasteiger partial charge in [-0.2, -0.15) is 0 Å². The number of benzene rings is 2. The number of hydrogen-bond donors (Lipinski definition) is 1. The molecule has 0 saturated heterocycles. The van der Waals surface area contributed by atoms with Gasteiger partial charge in [0, 0.05) is 9.61 Å². The lowest BCUT2D eigenvalue weighted by molar-refractivity contribution is 0.376. The molecule has 0 fully saturated rings. The van der Waals surface area contributed by atoms with Crippen molar-refractivity contribution in [1.82, 2.24) is 0 Å². The summed E-state index contributed by atoms with van der Waals surface area (Å²) in [4.78, 5) is 0. The van der Waals surface area contributed by atoms with E-state index in [1.807, 2.05) is 0 Å². The summed E-state index contributed by atoms with van der Waals surface area (Å²) < 4.78 is 1.29. The van der Waals surface area contributed by atoms with Crippen LogP contribution < -0.4 is 5.73 Å². The van der Waals surface area contributed by atoms with Crippen LogP contribution in [-0.4, -0.2) is 0 Å². The molecule has 0 aliphatic heterocycles. The normalized spacial score (nSPS) is 22.0. The maximum atomic E-state index is 6.47. The van der Waals surface area contributed by atoms with Gasteiger partial charge >= 0.3 is 0 Å². The van der Waals surface area contributed by atoms with Gasteiger partial charge in [0.25, 0.3) is 0 Å². The largest absolute Gasteiger partial charge is 0.324 e. The molecule has 2 unspecified atom stereocenters. The van der Waals surface area contributed by atoms with E-state index in [0.717, 1.165) is 6.42 Å². The van der Waals surface area contributed by atoms with Crippen molar-refractivity contribution in [2.45, 2.75) is 25.3 Å². The number of nitrogens with two attached hydrogens (primary N) is 1. The Bertz CT molecular complexity index is 562. The molecule has 0 amide bonds. The van der Waals surface area contributed by atoms with Crippen LogP contribution >= 0.6 is 22.6 Å². The Balaban J connectivity index is 1.79. The van der Waals surface area contributed by atoms with Crippen LogP contribution in [0.2, 0.25) is 0 Å². The number of fused-ring (bicyclic) bond motifs is 1. The number of hydrogen-bond acceptors (Lipinski definition) is 1. The van der Waals surface area contributed by atoms with Gasteiger partial charge in [-0.1, -0.05) is 36.4 Å². The molecule has 19 heavy (non-hydrogen) atoms. The van der Waals surface area contributed by atoms with Crippen LogP contribution in [0.1, 0.15) is 29.2 Å². The zero-order valence-corrected chi connectivity index (χ0v) is 13.0. The fraction of sp³-hybridized carbons (Fsp3) is 0.294. The molecule has 1 nitrogen and oxygen atoms in total. The van der Waals surface area contributed by atoms with Crippen molar-refractivity contribution in [3.05, 3.63) is 68.8 Å². The summed E-state index contributed by atoms with van der Waals surface area (Å²) in [6.07, 6.45) is 3.45. The summed E-state index contributed by atoms with van der Waals surface area (Å²) in [7, 11) is 0. The second-order valence-corrected chi connectivity index (χ2v) is 6.60. The predicted octanol–water partition coefficient (Wildman–Crippen LogP) is 4.10. The lowest BCUT2D eigenvalue weighted by Crippen LogP contribution is -2.28. The first-order valence-electron chi connectivity index (χ1n) is 6.82. The van der Waals surface area contributed by atoms with Gasteiger partial charge in [0.05, 0.1) is 0 Å². The third kappa shape index (κ3) is 2.84. The molecule has 1 aliphatic rings. The van der Waals surface area contributed by atoms with Crippen molar-refractivity contribution >= 4 is 22.6 Å². The summed E-state index contributed by atoms with van der Waals surface area (Å²) in [5.41, 5.74) is 10.7. The highest BCUT2D eigenvalue weighted by Gasteiger charge is 2.26. The maximum Gasteiger partial charge on any atom is 0.0329 e. The molecule has 0 radical (unpaired) electrons. The molecule has 2 N–H and O–H groups in total. The van der Waals surface area contributed by atoms with E-state index < -0.39 is 0 Å². The second-order valence-electron chi connectivity index (χ2n) is 5.35. The van der Waals surface area contributed by atoms with Crippen LogP contribution in [0.25, 0.3) is 0 Å². The van der Waals surface area contributed by atoms with E-state index in [2.05, 4.69) is 71.1 Å². The molecule has 0 heterocycles. The van der Waals surface area contributed by atoms with E-state index in [1.54, 1.807) is 0 Å². The van der Waals surface area contributed by atoms with E-state index in [9.17, 15) is 0 Å².